The molecule has 0 bridgehead atoms. The third kappa shape index (κ3) is 2.43. The maximum absolute atomic E-state index is 12.0. The van der Waals surface area contributed by atoms with E-state index in [4.69, 9.17) is 5.73 Å². The van der Waals surface area contributed by atoms with E-state index in [0.29, 0.717) is 0 Å². The van der Waals surface area contributed by atoms with Gasteiger partial charge < -0.3 is 5.73 Å². The molecule has 5 nitrogen and oxygen atoms in total. The number of carbonyl (C=O) groups excluding carboxylic acids is 3. The molecule has 1 aromatic rings. The predicted octanol–water partition coefficient (Wildman–Crippen LogP) is 0.724. The molecular formula is C15H18N2O3. The minimum absolute atomic E-state index is 0.0588. The van der Waals surface area contributed by atoms with Crippen LogP contribution in [0, 0.1) is 11.8 Å². The van der Waals surface area contributed by atoms with Crippen molar-refractivity contribution in [1.82, 2.24) is 4.90 Å². The SMILES string of the molecule is CC(C)C1C(=O)N([C@H](Cc2ccccc2)C(N)=O)C1=O. The summed E-state index contributed by atoms with van der Waals surface area (Å²) >= 11 is 0. The lowest BCUT2D eigenvalue weighted by atomic mass is 9.84. The average molecular weight is 274 g/mol. The summed E-state index contributed by atoms with van der Waals surface area (Å²) in [5.74, 6) is -1.95. The molecule has 0 unspecified atom stereocenters. The van der Waals surface area contributed by atoms with E-state index < -0.39 is 17.9 Å². The van der Waals surface area contributed by atoms with Crippen LogP contribution in [0.15, 0.2) is 30.3 Å². The first-order valence-electron chi connectivity index (χ1n) is 6.63. The molecule has 2 rings (SSSR count). The van der Waals surface area contributed by atoms with Crippen molar-refractivity contribution in [1.29, 1.82) is 0 Å². The zero-order chi connectivity index (χ0) is 14.9. The third-order valence-corrected chi connectivity index (χ3v) is 3.59. The Morgan fingerprint density at radius 2 is 1.75 bits per heavy atom. The Bertz CT molecular complexity index is 523. The molecule has 1 heterocycles. The number of hydrogen-bond acceptors (Lipinski definition) is 3. The molecule has 0 radical (unpaired) electrons. The minimum Gasteiger partial charge on any atom is -0.368 e. The summed E-state index contributed by atoms with van der Waals surface area (Å²) in [6.45, 7) is 3.63. The van der Waals surface area contributed by atoms with Gasteiger partial charge in [-0.15, -0.1) is 0 Å². The van der Waals surface area contributed by atoms with Gasteiger partial charge in [0, 0.05) is 6.42 Å². The number of β-lactam (4-membered cyclic amide) rings is 2. The van der Waals surface area contributed by atoms with Gasteiger partial charge in [-0.05, 0) is 11.5 Å². The number of hydrogen-bond donors (Lipinski definition) is 1. The van der Waals surface area contributed by atoms with E-state index in [0.717, 1.165) is 10.5 Å². The van der Waals surface area contributed by atoms with Gasteiger partial charge in [-0.3, -0.25) is 19.3 Å². The van der Waals surface area contributed by atoms with Crippen molar-refractivity contribution in [3.05, 3.63) is 35.9 Å². The fourth-order valence-corrected chi connectivity index (χ4v) is 2.48. The van der Waals surface area contributed by atoms with Crippen molar-refractivity contribution in [3.63, 3.8) is 0 Å². The van der Waals surface area contributed by atoms with Crippen molar-refractivity contribution in [3.8, 4) is 0 Å². The molecule has 1 atom stereocenters. The maximum Gasteiger partial charge on any atom is 0.242 e. The number of nitrogens with zero attached hydrogens (tertiary/aromatic N) is 1. The number of likely N-dealkylation sites (tertiary alicyclic amines) is 1. The van der Waals surface area contributed by atoms with Crippen LogP contribution in [0.2, 0.25) is 0 Å². The van der Waals surface area contributed by atoms with E-state index in [2.05, 4.69) is 0 Å². The molecule has 0 aromatic heterocycles. The number of benzene rings is 1. The third-order valence-electron chi connectivity index (χ3n) is 3.59. The summed E-state index contributed by atoms with van der Waals surface area (Å²) in [7, 11) is 0. The molecule has 1 aliphatic rings. The van der Waals surface area contributed by atoms with Crippen LogP contribution in [0.4, 0.5) is 0 Å². The molecule has 1 aliphatic heterocycles. The molecule has 5 heteroatoms. The van der Waals surface area contributed by atoms with Gasteiger partial charge in [0.25, 0.3) is 0 Å². The second-order valence-electron chi connectivity index (χ2n) is 5.38. The van der Waals surface area contributed by atoms with Crippen LogP contribution >= 0.6 is 0 Å². The number of nitrogens with two attached hydrogens (primary N) is 1. The van der Waals surface area contributed by atoms with Gasteiger partial charge >= 0.3 is 0 Å². The fourth-order valence-electron chi connectivity index (χ4n) is 2.48. The van der Waals surface area contributed by atoms with E-state index in [9.17, 15) is 14.4 Å². The zero-order valence-corrected chi connectivity index (χ0v) is 11.6. The Hall–Kier alpha value is -2.17. The summed E-state index contributed by atoms with van der Waals surface area (Å²) in [6, 6.07) is 8.31. The predicted molar refractivity (Wildman–Crippen MR) is 73.3 cm³/mol. The highest BCUT2D eigenvalue weighted by Crippen LogP contribution is 2.29. The van der Waals surface area contributed by atoms with E-state index in [1.54, 1.807) is 0 Å². The Balaban J connectivity index is 2.17. The second-order valence-corrected chi connectivity index (χ2v) is 5.38. The highest BCUT2D eigenvalue weighted by Gasteiger charge is 2.52. The van der Waals surface area contributed by atoms with Gasteiger partial charge in [-0.1, -0.05) is 44.2 Å². The lowest BCUT2D eigenvalue weighted by Crippen LogP contribution is -2.66. The number of carbonyl (C=O) groups is 3. The minimum atomic E-state index is -0.896. The Morgan fingerprint density at radius 3 is 2.20 bits per heavy atom. The molecule has 0 saturated carbocycles. The second kappa shape index (κ2) is 5.45. The van der Waals surface area contributed by atoms with Crippen LogP contribution < -0.4 is 5.73 Å². The quantitative estimate of drug-likeness (QED) is 0.634. The van der Waals surface area contributed by atoms with Crippen molar-refractivity contribution < 1.29 is 14.4 Å². The Kier molecular flexibility index (Phi) is 3.88. The van der Waals surface area contributed by atoms with Crippen LogP contribution in [0.3, 0.4) is 0 Å². The molecule has 1 saturated heterocycles. The lowest BCUT2D eigenvalue weighted by Gasteiger charge is -2.41. The van der Waals surface area contributed by atoms with Crippen LogP contribution in [0.5, 0.6) is 0 Å². The molecule has 106 valence electrons. The van der Waals surface area contributed by atoms with E-state index in [1.165, 1.54) is 0 Å². The molecular weight excluding hydrogens is 256 g/mol. The van der Waals surface area contributed by atoms with E-state index >= 15 is 0 Å². The summed E-state index contributed by atoms with van der Waals surface area (Å²) in [5, 5.41) is 0. The summed E-state index contributed by atoms with van der Waals surface area (Å²) in [6.07, 6.45) is 0.262. The van der Waals surface area contributed by atoms with Crippen LogP contribution in [-0.2, 0) is 20.8 Å². The van der Waals surface area contributed by atoms with Gasteiger partial charge in [0.2, 0.25) is 17.7 Å². The van der Waals surface area contributed by atoms with Crippen molar-refractivity contribution >= 4 is 17.7 Å². The van der Waals surface area contributed by atoms with Gasteiger partial charge in [-0.2, -0.15) is 0 Å². The normalized spacial score (nSPS) is 17.2. The molecule has 0 spiro atoms. The van der Waals surface area contributed by atoms with Gasteiger partial charge in [0.05, 0.1) is 0 Å². The number of primary amides is 1. The molecule has 1 fully saturated rings. The lowest BCUT2D eigenvalue weighted by molar-refractivity contribution is -0.173. The Morgan fingerprint density at radius 1 is 1.20 bits per heavy atom. The Labute approximate surface area is 117 Å². The van der Waals surface area contributed by atoms with Crippen molar-refractivity contribution in [2.75, 3.05) is 0 Å². The summed E-state index contributed by atoms with van der Waals surface area (Å²) in [5.41, 5.74) is 6.22. The molecule has 2 N–H and O–H groups in total. The van der Waals surface area contributed by atoms with Crippen LogP contribution in [-0.4, -0.2) is 28.7 Å². The number of imide groups is 1. The summed E-state index contributed by atoms with van der Waals surface area (Å²) < 4.78 is 0. The van der Waals surface area contributed by atoms with E-state index in [-0.39, 0.29) is 24.2 Å². The first-order valence-corrected chi connectivity index (χ1v) is 6.63. The van der Waals surface area contributed by atoms with E-state index in [1.807, 2.05) is 44.2 Å². The van der Waals surface area contributed by atoms with Crippen LogP contribution in [0.1, 0.15) is 19.4 Å². The zero-order valence-electron chi connectivity index (χ0n) is 11.6. The summed E-state index contributed by atoms with van der Waals surface area (Å²) in [4.78, 5) is 36.7. The molecule has 20 heavy (non-hydrogen) atoms. The fraction of sp³-hybridized carbons (Fsp3) is 0.400. The van der Waals surface area contributed by atoms with Crippen LogP contribution in [0.25, 0.3) is 0 Å². The monoisotopic (exact) mass is 274 g/mol. The molecule has 0 aliphatic carbocycles. The highest BCUT2D eigenvalue weighted by molar-refractivity contribution is 6.19. The molecule has 3 amide bonds. The standard InChI is InChI=1S/C15H18N2O3/c1-9(2)12-14(19)17(15(12)20)11(13(16)18)8-10-6-4-3-5-7-10/h3-7,9,11-12H,8H2,1-2H3,(H2,16,18)/t11-/m1/s1. The largest absolute Gasteiger partial charge is 0.368 e. The number of rotatable bonds is 5. The highest BCUT2D eigenvalue weighted by atomic mass is 16.2. The van der Waals surface area contributed by atoms with Crippen molar-refractivity contribution in [2.45, 2.75) is 26.3 Å². The topological polar surface area (TPSA) is 80.5 Å². The maximum atomic E-state index is 12.0. The average Bonchev–Trinajstić information content (AvgIpc) is 2.38. The first kappa shape index (κ1) is 14.2. The smallest absolute Gasteiger partial charge is 0.242 e. The van der Waals surface area contributed by atoms with Gasteiger partial charge in [0.15, 0.2) is 0 Å². The van der Waals surface area contributed by atoms with Gasteiger partial charge in [-0.25, -0.2) is 0 Å². The first-order chi connectivity index (χ1) is 9.43. The van der Waals surface area contributed by atoms with Crippen molar-refractivity contribution in [2.24, 2.45) is 17.6 Å². The number of amides is 3. The van der Waals surface area contributed by atoms with Gasteiger partial charge in [0.1, 0.15) is 12.0 Å². The molecule has 1 aromatic carbocycles.